The molecule has 0 atom stereocenters. The molecule has 0 saturated heterocycles. The van der Waals surface area contributed by atoms with Crippen LogP contribution in [0.4, 0.5) is 4.39 Å². The van der Waals surface area contributed by atoms with Crippen molar-refractivity contribution in [3.05, 3.63) is 40.7 Å². The normalized spacial score (nSPS) is 13.9. The maximum absolute atomic E-state index is 14.5. The van der Waals surface area contributed by atoms with E-state index >= 15 is 0 Å². The number of carboxylic acids is 1. The molecule has 7 heteroatoms. The molecule has 144 valence electrons. The molecular weight excluding hydrogens is 373 g/mol. The minimum absolute atomic E-state index is 0.0473. The van der Waals surface area contributed by atoms with Crippen molar-refractivity contribution in [1.29, 1.82) is 0 Å². The van der Waals surface area contributed by atoms with Crippen LogP contribution in [-0.2, 0) is 4.79 Å². The third-order valence-corrected chi connectivity index (χ3v) is 4.64. The minimum Gasteiger partial charge on any atom is -0.489 e. The molecular formula is C20H21ClFNO4. The van der Waals surface area contributed by atoms with Gasteiger partial charge in [-0.2, -0.15) is 0 Å². The van der Waals surface area contributed by atoms with E-state index in [0.717, 1.165) is 24.8 Å². The molecule has 2 aromatic rings. The highest BCUT2D eigenvalue weighted by atomic mass is 35.5. The predicted octanol–water partition coefficient (Wildman–Crippen LogP) is 5.02. The third kappa shape index (κ3) is 5.10. The van der Waals surface area contributed by atoms with Crippen LogP contribution in [0.3, 0.4) is 0 Å². The highest BCUT2D eigenvalue weighted by Gasteiger charge is 2.20. The second-order valence-corrected chi connectivity index (χ2v) is 7.06. The van der Waals surface area contributed by atoms with Gasteiger partial charge in [0.25, 0.3) is 0 Å². The van der Waals surface area contributed by atoms with Crippen LogP contribution in [0.1, 0.15) is 37.7 Å². The van der Waals surface area contributed by atoms with E-state index in [1.165, 1.54) is 6.07 Å². The minimum atomic E-state index is -0.925. The molecule has 1 aromatic heterocycles. The number of carboxylic acid groups (broad SMARTS) is 1. The van der Waals surface area contributed by atoms with E-state index in [9.17, 15) is 9.18 Å². The zero-order valence-electron chi connectivity index (χ0n) is 15.0. The number of benzene rings is 1. The molecule has 3 rings (SSSR count). The Balaban J connectivity index is 1.77. The van der Waals surface area contributed by atoms with Gasteiger partial charge in [-0.25, -0.2) is 9.37 Å². The van der Waals surface area contributed by atoms with Gasteiger partial charge in [-0.1, -0.05) is 11.6 Å². The van der Waals surface area contributed by atoms with Crippen LogP contribution in [0.5, 0.6) is 11.6 Å². The molecule has 1 aromatic carbocycles. The van der Waals surface area contributed by atoms with Crippen LogP contribution in [0.15, 0.2) is 24.3 Å². The molecule has 1 aliphatic carbocycles. The number of hydrogen-bond donors (Lipinski definition) is 1. The summed E-state index contributed by atoms with van der Waals surface area (Å²) >= 11 is 6.18. The SMILES string of the molecule is Cc1cc(OC2CCC2)nc(-c2cc(F)c(OCCCC(=O)O)c(Cl)c2)c1. The van der Waals surface area contributed by atoms with E-state index in [2.05, 4.69) is 4.98 Å². The highest BCUT2D eigenvalue weighted by Crippen LogP contribution is 2.34. The first-order valence-electron chi connectivity index (χ1n) is 8.91. The first kappa shape index (κ1) is 19.4. The van der Waals surface area contributed by atoms with Gasteiger partial charge in [0.05, 0.1) is 17.3 Å². The highest BCUT2D eigenvalue weighted by molar-refractivity contribution is 6.32. The van der Waals surface area contributed by atoms with Crippen molar-refractivity contribution < 1.29 is 23.8 Å². The molecule has 0 unspecified atom stereocenters. The van der Waals surface area contributed by atoms with Gasteiger partial charge in [0.1, 0.15) is 6.10 Å². The number of halogens is 2. The summed E-state index contributed by atoms with van der Waals surface area (Å²) in [6.45, 7) is 2.00. The van der Waals surface area contributed by atoms with Gasteiger partial charge in [0.15, 0.2) is 11.6 Å². The molecule has 0 bridgehead atoms. The lowest BCUT2D eigenvalue weighted by Gasteiger charge is -2.26. The summed E-state index contributed by atoms with van der Waals surface area (Å²) in [5, 5.41) is 8.74. The zero-order chi connectivity index (χ0) is 19.4. The van der Waals surface area contributed by atoms with Crippen LogP contribution in [0.2, 0.25) is 5.02 Å². The number of ether oxygens (including phenoxy) is 2. The van der Waals surface area contributed by atoms with Crippen molar-refractivity contribution in [2.45, 2.75) is 45.1 Å². The number of nitrogens with zero attached hydrogens (tertiary/aromatic N) is 1. The van der Waals surface area contributed by atoms with E-state index in [1.54, 1.807) is 6.07 Å². The van der Waals surface area contributed by atoms with Gasteiger partial charge < -0.3 is 14.6 Å². The third-order valence-electron chi connectivity index (χ3n) is 4.36. The Kier molecular flexibility index (Phi) is 6.16. The summed E-state index contributed by atoms with van der Waals surface area (Å²) < 4.78 is 25.6. The number of hydrogen-bond acceptors (Lipinski definition) is 4. The molecule has 5 nitrogen and oxygen atoms in total. The summed E-state index contributed by atoms with van der Waals surface area (Å²) in [7, 11) is 0. The van der Waals surface area contributed by atoms with Gasteiger partial charge in [-0.3, -0.25) is 4.79 Å². The van der Waals surface area contributed by atoms with Gasteiger partial charge in [-0.05, 0) is 56.4 Å². The quantitative estimate of drug-likeness (QED) is 0.637. The molecule has 1 aliphatic rings. The number of rotatable bonds is 8. The Morgan fingerprint density at radius 1 is 1.33 bits per heavy atom. The molecule has 0 spiro atoms. The van der Waals surface area contributed by atoms with Crippen LogP contribution in [0.25, 0.3) is 11.3 Å². The maximum Gasteiger partial charge on any atom is 0.303 e. The monoisotopic (exact) mass is 393 g/mol. The first-order chi connectivity index (χ1) is 12.9. The zero-order valence-corrected chi connectivity index (χ0v) is 15.8. The second kappa shape index (κ2) is 8.57. The van der Waals surface area contributed by atoms with Gasteiger partial charge in [0, 0.05) is 18.1 Å². The lowest BCUT2D eigenvalue weighted by molar-refractivity contribution is -0.137. The molecule has 1 saturated carbocycles. The fraction of sp³-hybridized carbons (Fsp3) is 0.400. The van der Waals surface area contributed by atoms with Gasteiger partial charge in [0.2, 0.25) is 5.88 Å². The van der Waals surface area contributed by atoms with Crippen molar-refractivity contribution in [2.75, 3.05) is 6.61 Å². The van der Waals surface area contributed by atoms with E-state index in [4.69, 9.17) is 26.2 Å². The number of aromatic nitrogens is 1. The topological polar surface area (TPSA) is 68.7 Å². The Morgan fingerprint density at radius 2 is 2.11 bits per heavy atom. The Morgan fingerprint density at radius 3 is 2.74 bits per heavy atom. The number of carbonyl (C=O) groups is 1. The average Bonchev–Trinajstić information content (AvgIpc) is 2.56. The fourth-order valence-corrected chi connectivity index (χ4v) is 3.01. The van der Waals surface area contributed by atoms with Crippen LogP contribution >= 0.6 is 11.6 Å². The van der Waals surface area contributed by atoms with Crippen molar-refractivity contribution in [3.8, 4) is 22.9 Å². The smallest absolute Gasteiger partial charge is 0.303 e. The molecule has 1 heterocycles. The van der Waals surface area contributed by atoms with E-state index in [1.807, 2.05) is 19.1 Å². The van der Waals surface area contributed by atoms with Crippen molar-refractivity contribution in [3.63, 3.8) is 0 Å². The maximum atomic E-state index is 14.5. The number of aryl methyl sites for hydroxylation is 1. The van der Waals surface area contributed by atoms with Gasteiger partial charge in [-0.15, -0.1) is 0 Å². The summed E-state index contributed by atoms with van der Waals surface area (Å²) in [4.78, 5) is 15.0. The molecule has 1 N–H and O–H groups in total. The number of aliphatic carboxylic acids is 1. The molecule has 27 heavy (non-hydrogen) atoms. The van der Waals surface area contributed by atoms with Gasteiger partial charge >= 0.3 is 5.97 Å². The van der Waals surface area contributed by atoms with E-state index < -0.39 is 11.8 Å². The van der Waals surface area contributed by atoms with Crippen molar-refractivity contribution >= 4 is 17.6 Å². The van der Waals surface area contributed by atoms with Crippen LogP contribution < -0.4 is 9.47 Å². The largest absolute Gasteiger partial charge is 0.489 e. The van der Waals surface area contributed by atoms with E-state index in [0.29, 0.717) is 17.1 Å². The van der Waals surface area contributed by atoms with Crippen LogP contribution in [-0.4, -0.2) is 28.8 Å². The fourth-order valence-electron chi connectivity index (χ4n) is 2.75. The Hall–Kier alpha value is -2.34. The number of pyridine rings is 1. The van der Waals surface area contributed by atoms with E-state index in [-0.39, 0.29) is 36.3 Å². The molecule has 1 fully saturated rings. The second-order valence-electron chi connectivity index (χ2n) is 6.65. The standard InChI is InChI=1S/C20H21ClFNO4/c1-12-8-17(23-18(9-12)27-14-4-2-5-14)13-10-15(21)20(16(22)11-13)26-7-3-6-19(24)25/h8-11,14H,2-7H2,1H3,(H,24,25). The summed E-state index contributed by atoms with van der Waals surface area (Å²) in [5.74, 6) is -1.09. The molecule has 0 amide bonds. The average molecular weight is 394 g/mol. The summed E-state index contributed by atoms with van der Waals surface area (Å²) in [6.07, 6.45) is 3.65. The lowest BCUT2D eigenvalue weighted by Crippen LogP contribution is -2.25. The predicted molar refractivity (Wildman–Crippen MR) is 100 cm³/mol. The summed E-state index contributed by atoms with van der Waals surface area (Å²) in [5.41, 5.74) is 2.06. The lowest BCUT2D eigenvalue weighted by atomic mass is 9.96. The Bertz CT molecular complexity index is 816. The van der Waals surface area contributed by atoms with Crippen molar-refractivity contribution in [2.24, 2.45) is 0 Å². The first-order valence-corrected chi connectivity index (χ1v) is 9.29. The Labute approximate surface area is 162 Å². The molecule has 0 aliphatic heterocycles. The summed E-state index contributed by atoms with van der Waals surface area (Å²) in [6, 6.07) is 6.60. The molecule has 0 radical (unpaired) electrons. The van der Waals surface area contributed by atoms with Crippen molar-refractivity contribution in [1.82, 2.24) is 4.98 Å². The van der Waals surface area contributed by atoms with Crippen LogP contribution in [0, 0.1) is 12.7 Å².